The minimum Gasteiger partial charge on any atom is -0.295 e. The van der Waals surface area contributed by atoms with Gasteiger partial charge in [0.05, 0.1) is 11.2 Å². The molecule has 0 aliphatic rings. The van der Waals surface area contributed by atoms with Crippen molar-refractivity contribution in [1.29, 1.82) is 0 Å². The van der Waals surface area contributed by atoms with E-state index in [1.165, 1.54) is 13.0 Å². The molecule has 2 heterocycles. The zero-order valence-corrected chi connectivity index (χ0v) is 13.0. The normalized spacial score (nSPS) is 11.1. The molecule has 2 aromatic heterocycles. The lowest BCUT2D eigenvalue weighted by Crippen LogP contribution is -1.96. The first kappa shape index (κ1) is 14.5. The van der Waals surface area contributed by atoms with Gasteiger partial charge in [-0.25, -0.2) is 9.37 Å². The second-order valence-electron chi connectivity index (χ2n) is 5.65. The summed E-state index contributed by atoms with van der Waals surface area (Å²) in [6.07, 6.45) is 3.42. The Morgan fingerprint density at radius 3 is 2.62 bits per heavy atom. The summed E-state index contributed by atoms with van der Waals surface area (Å²) < 4.78 is 14.3. The first-order chi connectivity index (χ1) is 11.6. The van der Waals surface area contributed by atoms with E-state index in [1.807, 2.05) is 12.1 Å². The highest BCUT2D eigenvalue weighted by Crippen LogP contribution is 2.33. The van der Waals surface area contributed by atoms with Crippen molar-refractivity contribution in [2.24, 2.45) is 0 Å². The molecule has 0 bridgehead atoms. The molecule has 0 radical (unpaired) electrons. The maximum Gasteiger partial charge on any atom is 0.159 e. The van der Waals surface area contributed by atoms with Crippen LogP contribution >= 0.6 is 0 Å². The summed E-state index contributed by atoms with van der Waals surface area (Å²) in [6.45, 7) is 1.52. The Morgan fingerprint density at radius 2 is 1.83 bits per heavy atom. The molecule has 4 aromatic rings. The molecule has 0 spiro atoms. The number of carbonyl (C=O) groups excluding carboxylic acids is 1. The van der Waals surface area contributed by atoms with E-state index in [2.05, 4.69) is 9.97 Å². The number of fused-ring (bicyclic) bond motifs is 3. The van der Waals surface area contributed by atoms with Gasteiger partial charge in [-0.3, -0.25) is 9.78 Å². The zero-order chi connectivity index (χ0) is 16.7. The number of carbonyl (C=O) groups is 1. The molecule has 3 nitrogen and oxygen atoms in total. The number of nitrogens with zero attached hydrogens (tertiary/aromatic N) is 2. The van der Waals surface area contributed by atoms with Crippen molar-refractivity contribution in [3.8, 4) is 11.3 Å². The van der Waals surface area contributed by atoms with Crippen LogP contribution in [0.25, 0.3) is 32.9 Å². The second kappa shape index (κ2) is 5.49. The van der Waals surface area contributed by atoms with Crippen LogP contribution in [0.1, 0.15) is 17.3 Å². The van der Waals surface area contributed by atoms with Crippen LogP contribution in [0.3, 0.4) is 0 Å². The van der Waals surface area contributed by atoms with Crippen molar-refractivity contribution >= 4 is 27.5 Å². The number of hydrogen-bond acceptors (Lipinski definition) is 3. The summed E-state index contributed by atoms with van der Waals surface area (Å²) in [5.74, 6) is -0.359. The summed E-state index contributed by atoms with van der Waals surface area (Å²) in [4.78, 5) is 20.5. The van der Waals surface area contributed by atoms with E-state index in [0.29, 0.717) is 22.3 Å². The Hall–Kier alpha value is -3.14. The third-order valence-electron chi connectivity index (χ3n) is 4.13. The summed E-state index contributed by atoms with van der Waals surface area (Å²) in [5.41, 5.74) is 2.22. The van der Waals surface area contributed by atoms with Crippen LogP contribution in [0.2, 0.25) is 0 Å². The lowest BCUT2D eigenvalue weighted by molar-refractivity contribution is 0.101. The highest BCUT2D eigenvalue weighted by atomic mass is 19.1. The van der Waals surface area contributed by atoms with Crippen LogP contribution in [0, 0.1) is 5.82 Å². The van der Waals surface area contributed by atoms with Gasteiger partial charge in [-0.05, 0) is 31.2 Å². The lowest BCUT2D eigenvalue weighted by Gasteiger charge is -2.11. The van der Waals surface area contributed by atoms with Crippen molar-refractivity contribution in [2.75, 3.05) is 0 Å². The van der Waals surface area contributed by atoms with Crippen LogP contribution in [-0.2, 0) is 0 Å². The third-order valence-corrected chi connectivity index (χ3v) is 4.13. The van der Waals surface area contributed by atoms with Crippen molar-refractivity contribution in [3.05, 3.63) is 72.3 Å². The van der Waals surface area contributed by atoms with Crippen LogP contribution in [0.15, 0.2) is 60.9 Å². The van der Waals surface area contributed by atoms with Gasteiger partial charge in [-0.15, -0.1) is 0 Å². The second-order valence-corrected chi connectivity index (χ2v) is 5.65. The lowest BCUT2D eigenvalue weighted by atomic mass is 10.00. The molecule has 4 heteroatoms. The van der Waals surface area contributed by atoms with Gasteiger partial charge in [-0.1, -0.05) is 24.3 Å². The summed E-state index contributed by atoms with van der Waals surface area (Å²) >= 11 is 0. The SMILES string of the molecule is CC(=O)c1ccc2c(c1)nc(-c1ccccc1F)c1ccncc12. The monoisotopic (exact) mass is 316 g/mol. The Kier molecular flexibility index (Phi) is 3.31. The molecule has 2 aromatic carbocycles. The topological polar surface area (TPSA) is 42.9 Å². The predicted molar refractivity (Wildman–Crippen MR) is 92.4 cm³/mol. The number of ketones is 1. The number of rotatable bonds is 2. The largest absolute Gasteiger partial charge is 0.295 e. The van der Waals surface area contributed by atoms with Gasteiger partial charge in [-0.2, -0.15) is 0 Å². The molecular weight excluding hydrogens is 303 g/mol. The predicted octanol–water partition coefficient (Wildman–Crippen LogP) is 4.79. The number of aromatic nitrogens is 2. The quantitative estimate of drug-likeness (QED) is 0.394. The molecule has 0 fully saturated rings. The summed E-state index contributed by atoms with van der Waals surface area (Å²) in [6, 6.07) is 13.8. The van der Waals surface area contributed by atoms with Crippen LogP contribution in [0.5, 0.6) is 0 Å². The molecular formula is C20H13FN2O. The Balaban J connectivity index is 2.15. The Bertz CT molecular complexity index is 1110. The van der Waals surface area contributed by atoms with E-state index in [9.17, 15) is 9.18 Å². The molecule has 0 aliphatic carbocycles. The molecule has 0 aliphatic heterocycles. The van der Waals surface area contributed by atoms with E-state index in [1.54, 1.807) is 42.7 Å². The maximum absolute atomic E-state index is 14.3. The van der Waals surface area contributed by atoms with Crippen molar-refractivity contribution in [2.45, 2.75) is 6.92 Å². The fourth-order valence-corrected chi connectivity index (χ4v) is 2.93. The fourth-order valence-electron chi connectivity index (χ4n) is 2.93. The molecule has 0 saturated carbocycles. The molecule has 0 atom stereocenters. The number of halogens is 1. The average Bonchev–Trinajstić information content (AvgIpc) is 2.61. The standard InChI is InChI=1S/C20H13FN2O/c1-12(24)13-6-7-14-17-11-22-9-8-15(17)20(23-19(14)10-13)16-4-2-3-5-18(16)21/h2-11H,1H3. The number of benzene rings is 2. The molecule has 24 heavy (non-hydrogen) atoms. The van der Waals surface area contributed by atoms with Gasteiger partial charge in [0, 0.05) is 39.7 Å². The molecule has 0 unspecified atom stereocenters. The third kappa shape index (κ3) is 2.24. The Morgan fingerprint density at radius 1 is 1.00 bits per heavy atom. The van der Waals surface area contributed by atoms with Crippen molar-refractivity contribution < 1.29 is 9.18 Å². The van der Waals surface area contributed by atoms with Gasteiger partial charge < -0.3 is 0 Å². The molecule has 116 valence electrons. The molecule has 0 amide bonds. The first-order valence-electron chi connectivity index (χ1n) is 7.58. The Labute approximate surface area is 137 Å². The number of pyridine rings is 2. The summed E-state index contributed by atoms with van der Waals surface area (Å²) in [7, 11) is 0. The van der Waals surface area contributed by atoms with Crippen molar-refractivity contribution in [3.63, 3.8) is 0 Å². The van der Waals surface area contributed by atoms with E-state index in [0.717, 1.165) is 16.2 Å². The van der Waals surface area contributed by atoms with E-state index >= 15 is 0 Å². The number of Topliss-reactive ketones (excluding diaryl/α,β-unsaturated/α-hetero) is 1. The average molecular weight is 316 g/mol. The van der Waals surface area contributed by atoms with Gasteiger partial charge in [0.2, 0.25) is 0 Å². The minimum absolute atomic E-state index is 0.0302. The molecule has 0 saturated heterocycles. The van der Waals surface area contributed by atoms with Gasteiger partial charge >= 0.3 is 0 Å². The van der Waals surface area contributed by atoms with Gasteiger partial charge in [0.1, 0.15) is 5.82 Å². The van der Waals surface area contributed by atoms with Gasteiger partial charge in [0.25, 0.3) is 0 Å². The summed E-state index contributed by atoms with van der Waals surface area (Å²) in [5, 5.41) is 2.61. The minimum atomic E-state index is -0.329. The fraction of sp³-hybridized carbons (Fsp3) is 0.0500. The van der Waals surface area contributed by atoms with E-state index < -0.39 is 0 Å². The van der Waals surface area contributed by atoms with E-state index in [-0.39, 0.29) is 11.6 Å². The number of hydrogen-bond donors (Lipinski definition) is 0. The maximum atomic E-state index is 14.3. The first-order valence-corrected chi connectivity index (χ1v) is 7.58. The van der Waals surface area contributed by atoms with E-state index in [4.69, 9.17) is 0 Å². The molecule has 4 rings (SSSR count). The highest BCUT2D eigenvalue weighted by Gasteiger charge is 2.14. The van der Waals surface area contributed by atoms with Gasteiger partial charge in [0.15, 0.2) is 5.78 Å². The smallest absolute Gasteiger partial charge is 0.159 e. The van der Waals surface area contributed by atoms with Crippen LogP contribution in [-0.4, -0.2) is 15.8 Å². The zero-order valence-electron chi connectivity index (χ0n) is 13.0. The highest BCUT2D eigenvalue weighted by molar-refractivity contribution is 6.11. The van der Waals surface area contributed by atoms with Crippen LogP contribution < -0.4 is 0 Å². The molecule has 0 N–H and O–H groups in total. The van der Waals surface area contributed by atoms with Crippen LogP contribution in [0.4, 0.5) is 4.39 Å². The van der Waals surface area contributed by atoms with Crippen molar-refractivity contribution in [1.82, 2.24) is 9.97 Å².